The van der Waals surface area contributed by atoms with Crippen molar-refractivity contribution in [3.05, 3.63) is 0 Å². The van der Waals surface area contributed by atoms with Crippen LogP contribution in [0.3, 0.4) is 0 Å². The molecule has 0 aromatic rings. The highest BCUT2D eigenvalue weighted by Gasteiger charge is 2.23. The molecule has 1 N–H and O–H groups in total. The number of carbonyl (C=O) groups excluding carboxylic acids is 1. The molecule has 0 saturated carbocycles. The average Bonchev–Trinajstić information content (AvgIpc) is 1.81. The number of carboxylic acids is 1. The molecule has 1 unspecified atom stereocenters. The van der Waals surface area contributed by atoms with Crippen LogP contribution in [0.2, 0.25) is 0 Å². The van der Waals surface area contributed by atoms with Crippen molar-refractivity contribution in [3.8, 4) is 0 Å². The SMILES string of the molecule is CC(=O)OC(C(=O)O)C(C)C.Cl. The lowest BCUT2D eigenvalue weighted by molar-refractivity contribution is -0.165. The normalized spacial score (nSPS) is 11.7. The van der Waals surface area contributed by atoms with E-state index in [1.165, 1.54) is 6.92 Å². The van der Waals surface area contributed by atoms with Crippen LogP contribution < -0.4 is 0 Å². The van der Waals surface area contributed by atoms with Gasteiger partial charge in [-0.3, -0.25) is 4.79 Å². The Morgan fingerprint density at radius 1 is 1.33 bits per heavy atom. The fraction of sp³-hybridized carbons (Fsp3) is 0.714. The molecule has 0 rings (SSSR count). The van der Waals surface area contributed by atoms with E-state index in [1.54, 1.807) is 13.8 Å². The average molecular weight is 197 g/mol. The van der Waals surface area contributed by atoms with Crippen LogP contribution in [-0.4, -0.2) is 23.1 Å². The minimum atomic E-state index is -1.10. The number of carbonyl (C=O) groups is 2. The molecular weight excluding hydrogens is 184 g/mol. The summed E-state index contributed by atoms with van der Waals surface area (Å²) < 4.78 is 4.53. The van der Waals surface area contributed by atoms with Gasteiger partial charge in [0.2, 0.25) is 6.10 Å². The molecule has 0 aromatic carbocycles. The molecule has 12 heavy (non-hydrogen) atoms. The fourth-order valence-corrected chi connectivity index (χ4v) is 0.650. The predicted molar refractivity (Wildman–Crippen MR) is 45.3 cm³/mol. The number of ether oxygens (including phenoxy) is 1. The minimum Gasteiger partial charge on any atom is -0.478 e. The third-order valence-electron chi connectivity index (χ3n) is 1.14. The zero-order chi connectivity index (χ0) is 9.02. The lowest BCUT2D eigenvalue weighted by Crippen LogP contribution is -2.30. The summed E-state index contributed by atoms with van der Waals surface area (Å²) in [6.07, 6.45) is -1.02. The smallest absolute Gasteiger partial charge is 0.345 e. The quantitative estimate of drug-likeness (QED) is 0.687. The highest BCUT2D eigenvalue weighted by Crippen LogP contribution is 2.06. The molecule has 0 amide bonds. The molecular formula is C7H13ClO4. The molecule has 0 bridgehead atoms. The van der Waals surface area contributed by atoms with Crippen molar-refractivity contribution in [2.45, 2.75) is 26.9 Å². The Balaban J connectivity index is 0. The van der Waals surface area contributed by atoms with Crippen molar-refractivity contribution in [1.82, 2.24) is 0 Å². The van der Waals surface area contributed by atoms with Gasteiger partial charge in [0.1, 0.15) is 0 Å². The van der Waals surface area contributed by atoms with Gasteiger partial charge in [-0.15, -0.1) is 12.4 Å². The van der Waals surface area contributed by atoms with Crippen LogP contribution in [0.5, 0.6) is 0 Å². The Morgan fingerprint density at radius 3 is 1.83 bits per heavy atom. The van der Waals surface area contributed by atoms with E-state index in [2.05, 4.69) is 4.74 Å². The summed E-state index contributed by atoms with van der Waals surface area (Å²) in [5.41, 5.74) is 0. The highest BCUT2D eigenvalue weighted by molar-refractivity contribution is 5.85. The predicted octanol–water partition coefficient (Wildman–Crippen LogP) is 1.08. The molecule has 0 aliphatic rings. The number of halogens is 1. The van der Waals surface area contributed by atoms with Crippen LogP contribution in [0.15, 0.2) is 0 Å². The first-order valence-corrected chi connectivity index (χ1v) is 3.35. The van der Waals surface area contributed by atoms with Crippen molar-refractivity contribution < 1.29 is 19.4 Å². The van der Waals surface area contributed by atoms with Gasteiger partial charge >= 0.3 is 11.9 Å². The maximum atomic E-state index is 10.4. The largest absolute Gasteiger partial charge is 0.478 e. The molecule has 0 aliphatic heterocycles. The van der Waals surface area contributed by atoms with Crippen molar-refractivity contribution in [2.24, 2.45) is 5.92 Å². The first-order chi connectivity index (χ1) is 4.95. The van der Waals surface area contributed by atoms with Gasteiger partial charge in [0.05, 0.1) is 0 Å². The maximum Gasteiger partial charge on any atom is 0.345 e. The summed E-state index contributed by atoms with van der Waals surface area (Å²) in [6.45, 7) is 4.56. The summed E-state index contributed by atoms with van der Waals surface area (Å²) in [6, 6.07) is 0. The Kier molecular flexibility index (Phi) is 6.70. The van der Waals surface area contributed by atoms with E-state index in [0.29, 0.717) is 0 Å². The van der Waals surface area contributed by atoms with Gasteiger partial charge < -0.3 is 9.84 Å². The molecule has 1 atom stereocenters. The summed E-state index contributed by atoms with van der Waals surface area (Å²) in [7, 11) is 0. The first-order valence-electron chi connectivity index (χ1n) is 3.35. The molecule has 4 nitrogen and oxygen atoms in total. The molecule has 0 aliphatic carbocycles. The summed E-state index contributed by atoms with van der Waals surface area (Å²) >= 11 is 0. The van der Waals surface area contributed by atoms with Gasteiger partial charge in [-0.25, -0.2) is 4.79 Å². The third kappa shape index (κ3) is 4.96. The van der Waals surface area contributed by atoms with Crippen molar-refractivity contribution >= 4 is 24.3 Å². The van der Waals surface area contributed by atoms with Crippen LogP contribution in [0.4, 0.5) is 0 Å². The minimum absolute atomic E-state index is 0. The Bertz CT molecular complexity index is 167. The number of aliphatic carboxylic acids is 1. The summed E-state index contributed by atoms with van der Waals surface area (Å²) in [5.74, 6) is -1.86. The van der Waals surface area contributed by atoms with Gasteiger partial charge in [-0.05, 0) is 0 Å². The van der Waals surface area contributed by atoms with Crippen molar-refractivity contribution in [2.75, 3.05) is 0 Å². The van der Waals surface area contributed by atoms with Crippen LogP contribution >= 0.6 is 12.4 Å². The lowest BCUT2D eigenvalue weighted by atomic mass is 10.1. The number of hydrogen-bond donors (Lipinski definition) is 1. The first kappa shape index (κ1) is 13.8. The van der Waals surface area contributed by atoms with E-state index in [-0.39, 0.29) is 18.3 Å². The van der Waals surface area contributed by atoms with Crippen LogP contribution in [-0.2, 0) is 14.3 Å². The van der Waals surface area contributed by atoms with E-state index in [4.69, 9.17) is 5.11 Å². The monoisotopic (exact) mass is 196 g/mol. The van der Waals surface area contributed by atoms with Gasteiger partial charge in [-0.1, -0.05) is 13.8 Å². The fourth-order valence-electron chi connectivity index (χ4n) is 0.650. The molecule has 0 aromatic heterocycles. The second-order valence-corrected chi connectivity index (χ2v) is 2.61. The zero-order valence-corrected chi connectivity index (χ0v) is 8.05. The lowest BCUT2D eigenvalue weighted by Gasteiger charge is -2.15. The molecule has 5 heteroatoms. The van der Waals surface area contributed by atoms with E-state index >= 15 is 0 Å². The molecule has 0 spiro atoms. The van der Waals surface area contributed by atoms with Crippen molar-refractivity contribution in [3.63, 3.8) is 0 Å². The third-order valence-corrected chi connectivity index (χ3v) is 1.14. The molecule has 72 valence electrons. The van der Waals surface area contributed by atoms with Gasteiger partial charge in [0.25, 0.3) is 0 Å². The van der Waals surface area contributed by atoms with Crippen LogP contribution in [0.25, 0.3) is 0 Å². The number of rotatable bonds is 3. The van der Waals surface area contributed by atoms with Crippen LogP contribution in [0.1, 0.15) is 20.8 Å². The summed E-state index contributed by atoms with van der Waals surface area (Å²) in [4.78, 5) is 20.8. The Hall–Kier alpha value is -0.770. The Morgan fingerprint density at radius 2 is 1.75 bits per heavy atom. The van der Waals surface area contributed by atoms with E-state index in [0.717, 1.165) is 0 Å². The van der Waals surface area contributed by atoms with Gasteiger partial charge in [0.15, 0.2) is 0 Å². The molecule has 0 heterocycles. The van der Waals surface area contributed by atoms with Crippen LogP contribution in [0, 0.1) is 5.92 Å². The van der Waals surface area contributed by atoms with Gasteiger partial charge in [0, 0.05) is 12.8 Å². The molecule has 0 radical (unpaired) electrons. The highest BCUT2D eigenvalue weighted by atomic mass is 35.5. The summed E-state index contributed by atoms with van der Waals surface area (Å²) in [5, 5.41) is 8.52. The Labute approximate surface area is 77.3 Å². The maximum absolute atomic E-state index is 10.4. The number of hydrogen-bond acceptors (Lipinski definition) is 3. The second kappa shape index (κ2) is 5.83. The second-order valence-electron chi connectivity index (χ2n) is 2.61. The van der Waals surface area contributed by atoms with E-state index < -0.39 is 18.0 Å². The molecule has 0 saturated heterocycles. The topological polar surface area (TPSA) is 63.6 Å². The molecule has 0 fully saturated rings. The standard InChI is InChI=1S/C7H12O4.ClH/c1-4(2)6(7(9)10)11-5(3)8;/h4,6H,1-3H3,(H,9,10);1H. The van der Waals surface area contributed by atoms with E-state index in [1.807, 2.05) is 0 Å². The van der Waals surface area contributed by atoms with E-state index in [9.17, 15) is 9.59 Å². The number of carboxylic acid groups (broad SMARTS) is 1. The van der Waals surface area contributed by atoms with Crippen molar-refractivity contribution in [1.29, 1.82) is 0 Å². The number of esters is 1. The van der Waals surface area contributed by atoms with Gasteiger partial charge in [-0.2, -0.15) is 0 Å². The zero-order valence-electron chi connectivity index (χ0n) is 7.23.